The van der Waals surface area contributed by atoms with E-state index in [1.165, 1.54) is 5.57 Å². The average Bonchev–Trinajstić information content (AvgIpc) is 3.22. The summed E-state index contributed by atoms with van der Waals surface area (Å²) < 4.78 is 0. The lowest BCUT2D eigenvalue weighted by atomic mass is 9.75. The average molecular weight is 276 g/mol. The zero-order valence-electron chi connectivity index (χ0n) is 12.0. The number of aliphatic hydroxyl groups is 1. The fourth-order valence-corrected chi connectivity index (χ4v) is 6.42. The van der Waals surface area contributed by atoms with Crippen LogP contribution in [0.4, 0.5) is 0 Å². The quantitative estimate of drug-likeness (QED) is 0.729. The molecule has 0 spiro atoms. The second-order valence-corrected chi connectivity index (χ2v) is 7.89. The zero-order chi connectivity index (χ0) is 13.8. The predicted octanol–water partition coefficient (Wildman–Crippen LogP) is 3.27. The lowest BCUT2D eigenvalue weighted by Crippen LogP contribution is -2.38. The van der Waals surface area contributed by atoms with Crippen molar-refractivity contribution in [1.82, 2.24) is 0 Å². The van der Waals surface area contributed by atoms with E-state index >= 15 is 0 Å². The Kier molecular flexibility index (Phi) is 1.80. The zero-order valence-corrected chi connectivity index (χ0v) is 12.0. The van der Waals surface area contributed by atoms with Crippen molar-refractivity contribution >= 4 is 0 Å². The summed E-state index contributed by atoms with van der Waals surface area (Å²) in [5.41, 5.74) is 0.756. The molecular weight excluding hydrogens is 256 g/mol. The Labute approximate surface area is 125 Å². The van der Waals surface area contributed by atoms with Crippen molar-refractivity contribution < 1.29 is 5.11 Å². The SMILES string of the molecule is O[C@@]1(C2=C[C@@H]3C=C[C@@H]4C=C[C@@H]2[C@H]43)C[C@@H]2C=C[C@H]3C=C[C@H]1[C@@H]32. The molecule has 1 nitrogen and oxygen atoms in total. The van der Waals surface area contributed by atoms with Gasteiger partial charge in [-0.1, -0.05) is 54.7 Å². The van der Waals surface area contributed by atoms with Crippen LogP contribution in [0, 0.1) is 47.3 Å². The van der Waals surface area contributed by atoms with E-state index < -0.39 is 5.60 Å². The Bertz CT molecular complexity index is 678. The van der Waals surface area contributed by atoms with E-state index in [4.69, 9.17) is 0 Å². The van der Waals surface area contributed by atoms with Crippen LogP contribution in [-0.2, 0) is 0 Å². The van der Waals surface area contributed by atoms with E-state index in [1.54, 1.807) is 0 Å². The lowest BCUT2D eigenvalue weighted by Gasteiger charge is -2.34. The van der Waals surface area contributed by atoms with Gasteiger partial charge in [-0.05, 0) is 47.5 Å². The van der Waals surface area contributed by atoms with E-state index in [0.29, 0.717) is 47.3 Å². The van der Waals surface area contributed by atoms with Gasteiger partial charge in [-0.3, -0.25) is 0 Å². The predicted molar refractivity (Wildman–Crippen MR) is 82.1 cm³/mol. The topological polar surface area (TPSA) is 20.2 Å². The van der Waals surface area contributed by atoms with Gasteiger partial charge in [-0.15, -0.1) is 0 Å². The number of rotatable bonds is 1. The second kappa shape index (κ2) is 3.35. The van der Waals surface area contributed by atoms with Gasteiger partial charge < -0.3 is 5.11 Å². The first-order valence-electron chi connectivity index (χ1n) is 8.43. The molecule has 0 amide bonds. The highest BCUT2D eigenvalue weighted by Crippen LogP contribution is 2.63. The molecule has 0 heterocycles. The summed E-state index contributed by atoms with van der Waals surface area (Å²) in [6.07, 6.45) is 22.2. The lowest BCUT2D eigenvalue weighted by molar-refractivity contribution is 0.0405. The summed E-state index contributed by atoms with van der Waals surface area (Å²) >= 11 is 0. The molecule has 6 rings (SSSR count). The van der Waals surface area contributed by atoms with Crippen molar-refractivity contribution in [2.45, 2.75) is 12.0 Å². The highest BCUT2D eigenvalue weighted by Gasteiger charge is 2.61. The molecule has 1 saturated carbocycles. The number of allylic oxidation sites excluding steroid dienone is 8. The maximum Gasteiger partial charge on any atom is 0.0934 e. The third kappa shape index (κ3) is 1.13. The molecule has 0 aromatic rings. The molecule has 0 unspecified atom stereocenters. The standard InChI is InChI=1S/C20H20O/c21-20(10-14-4-2-12-6-8-16(20)19(12)14)17-9-13-3-1-11-5-7-15(17)18(11)13/h1-9,11-16,18-19,21H,10H2/t11-,12+,13+,14+,15+,16+,18-,19+,20+/m1/s1. The van der Waals surface area contributed by atoms with E-state index in [9.17, 15) is 5.11 Å². The van der Waals surface area contributed by atoms with E-state index in [0.717, 1.165) is 6.42 Å². The molecule has 106 valence electrons. The minimum atomic E-state index is -0.590. The molecule has 6 aliphatic carbocycles. The maximum atomic E-state index is 11.6. The largest absolute Gasteiger partial charge is 0.385 e. The van der Waals surface area contributed by atoms with Crippen LogP contribution < -0.4 is 0 Å². The van der Waals surface area contributed by atoms with Gasteiger partial charge in [0.2, 0.25) is 0 Å². The van der Waals surface area contributed by atoms with Gasteiger partial charge in [0.25, 0.3) is 0 Å². The van der Waals surface area contributed by atoms with Crippen LogP contribution >= 0.6 is 0 Å². The summed E-state index contributed by atoms with van der Waals surface area (Å²) in [4.78, 5) is 0. The van der Waals surface area contributed by atoms with Crippen LogP contribution in [-0.4, -0.2) is 10.7 Å². The minimum Gasteiger partial charge on any atom is -0.385 e. The third-order valence-electron chi connectivity index (χ3n) is 7.20. The normalized spacial score (nSPS) is 60.1. The van der Waals surface area contributed by atoms with Crippen LogP contribution in [0.1, 0.15) is 6.42 Å². The Morgan fingerprint density at radius 3 is 2.48 bits per heavy atom. The van der Waals surface area contributed by atoms with Crippen molar-refractivity contribution in [1.29, 1.82) is 0 Å². The molecule has 0 aromatic heterocycles. The highest BCUT2D eigenvalue weighted by molar-refractivity contribution is 5.45. The summed E-state index contributed by atoms with van der Waals surface area (Å²) in [7, 11) is 0. The van der Waals surface area contributed by atoms with Crippen LogP contribution in [0.15, 0.2) is 60.3 Å². The monoisotopic (exact) mass is 276 g/mol. The fourth-order valence-electron chi connectivity index (χ4n) is 6.42. The first-order chi connectivity index (χ1) is 10.3. The molecule has 1 heteroatoms. The molecule has 0 saturated heterocycles. The first kappa shape index (κ1) is 11.3. The fraction of sp³-hybridized carbons (Fsp3) is 0.500. The van der Waals surface area contributed by atoms with Gasteiger partial charge in [0.05, 0.1) is 5.60 Å². The van der Waals surface area contributed by atoms with Crippen LogP contribution in [0.5, 0.6) is 0 Å². The van der Waals surface area contributed by atoms with E-state index in [1.807, 2.05) is 0 Å². The van der Waals surface area contributed by atoms with Crippen LogP contribution in [0.2, 0.25) is 0 Å². The molecule has 9 atom stereocenters. The Hall–Kier alpha value is -1.34. The van der Waals surface area contributed by atoms with Crippen molar-refractivity contribution in [3.63, 3.8) is 0 Å². The van der Waals surface area contributed by atoms with Crippen molar-refractivity contribution in [2.24, 2.45) is 47.3 Å². The van der Waals surface area contributed by atoms with Gasteiger partial charge in [0.1, 0.15) is 0 Å². The van der Waals surface area contributed by atoms with Crippen LogP contribution in [0.3, 0.4) is 0 Å². The van der Waals surface area contributed by atoms with E-state index in [2.05, 4.69) is 54.7 Å². The van der Waals surface area contributed by atoms with Crippen molar-refractivity contribution in [3.8, 4) is 0 Å². The number of hydrogen-bond donors (Lipinski definition) is 1. The molecule has 21 heavy (non-hydrogen) atoms. The highest BCUT2D eigenvalue weighted by atomic mass is 16.3. The Morgan fingerprint density at radius 1 is 0.810 bits per heavy atom. The van der Waals surface area contributed by atoms with Crippen LogP contribution in [0.25, 0.3) is 0 Å². The molecule has 0 aromatic carbocycles. The molecule has 0 bridgehead atoms. The minimum absolute atomic E-state index is 0.337. The van der Waals surface area contributed by atoms with Gasteiger partial charge >= 0.3 is 0 Å². The molecule has 6 aliphatic rings. The summed E-state index contributed by atoms with van der Waals surface area (Å²) in [6.45, 7) is 0. The Morgan fingerprint density at radius 2 is 1.52 bits per heavy atom. The summed E-state index contributed by atoms with van der Waals surface area (Å²) in [5, 5.41) is 11.6. The Balaban J connectivity index is 1.47. The van der Waals surface area contributed by atoms with Crippen molar-refractivity contribution in [2.75, 3.05) is 0 Å². The van der Waals surface area contributed by atoms with Crippen molar-refractivity contribution in [3.05, 3.63) is 60.3 Å². The summed E-state index contributed by atoms with van der Waals surface area (Å²) in [5.74, 6) is 4.48. The number of hydrogen-bond acceptors (Lipinski definition) is 1. The van der Waals surface area contributed by atoms with Gasteiger partial charge in [-0.25, -0.2) is 0 Å². The third-order valence-corrected chi connectivity index (χ3v) is 7.20. The molecule has 1 fully saturated rings. The molecule has 0 radical (unpaired) electrons. The van der Waals surface area contributed by atoms with Gasteiger partial charge in [0, 0.05) is 11.8 Å². The molecular formula is C20H20O. The summed E-state index contributed by atoms with van der Waals surface area (Å²) in [6, 6.07) is 0. The van der Waals surface area contributed by atoms with Gasteiger partial charge in [0.15, 0.2) is 0 Å². The first-order valence-corrected chi connectivity index (χ1v) is 8.43. The smallest absolute Gasteiger partial charge is 0.0934 e. The molecule has 0 aliphatic heterocycles. The van der Waals surface area contributed by atoms with E-state index in [-0.39, 0.29) is 0 Å². The van der Waals surface area contributed by atoms with Gasteiger partial charge in [-0.2, -0.15) is 0 Å². The second-order valence-electron chi connectivity index (χ2n) is 7.89. The maximum absolute atomic E-state index is 11.6. The molecule has 1 N–H and O–H groups in total.